The van der Waals surface area contributed by atoms with E-state index in [0.717, 1.165) is 19.6 Å². The second-order valence-corrected chi connectivity index (χ2v) is 8.07. The molecule has 1 N–H and O–H groups in total. The van der Waals surface area contributed by atoms with Crippen LogP contribution >= 0.6 is 0 Å². The summed E-state index contributed by atoms with van der Waals surface area (Å²) in [6, 6.07) is 11.5. The van der Waals surface area contributed by atoms with Crippen molar-refractivity contribution in [2.75, 3.05) is 32.7 Å². The zero-order valence-electron chi connectivity index (χ0n) is 15.8. The molecule has 2 saturated heterocycles. The molecule has 2 atom stereocenters. The molecule has 4 heteroatoms. The zero-order chi connectivity index (χ0) is 17.6. The lowest BCUT2D eigenvalue weighted by molar-refractivity contribution is -0.124. The summed E-state index contributed by atoms with van der Waals surface area (Å²) >= 11 is 0. The summed E-state index contributed by atoms with van der Waals surface area (Å²) in [4.78, 5) is 17.1. The van der Waals surface area contributed by atoms with Gasteiger partial charge in [0.2, 0.25) is 5.91 Å². The maximum absolute atomic E-state index is 11.8. The van der Waals surface area contributed by atoms with E-state index in [-0.39, 0.29) is 11.8 Å². The van der Waals surface area contributed by atoms with E-state index in [9.17, 15) is 4.79 Å². The Bertz CT molecular complexity index is 545. The van der Waals surface area contributed by atoms with E-state index < -0.39 is 0 Å². The number of amides is 1. The molecule has 25 heavy (non-hydrogen) atoms. The van der Waals surface area contributed by atoms with Gasteiger partial charge in [-0.05, 0) is 37.3 Å². The van der Waals surface area contributed by atoms with Crippen LogP contribution in [0, 0.1) is 11.8 Å². The highest BCUT2D eigenvalue weighted by Gasteiger charge is 2.31. The van der Waals surface area contributed by atoms with Crippen molar-refractivity contribution in [1.82, 2.24) is 15.1 Å². The first kappa shape index (κ1) is 18.4. The first-order chi connectivity index (χ1) is 12.1. The number of nitrogens with zero attached hydrogens (tertiary/aromatic N) is 2. The molecular weight excluding hydrogens is 310 g/mol. The first-order valence-electron chi connectivity index (χ1n) is 9.90. The Morgan fingerprint density at radius 1 is 1.16 bits per heavy atom. The van der Waals surface area contributed by atoms with E-state index in [1.807, 2.05) is 13.8 Å². The smallest absolute Gasteiger partial charge is 0.222 e. The summed E-state index contributed by atoms with van der Waals surface area (Å²) in [7, 11) is 0. The Labute approximate surface area is 152 Å². The summed E-state index contributed by atoms with van der Waals surface area (Å²) in [6.45, 7) is 10.6. The van der Waals surface area contributed by atoms with Gasteiger partial charge in [0.25, 0.3) is 0 Å². The van der Waals surface area contributed by atoms with Crippen LogP contribution in [-0.4, -0.2) is 54.5 Å². The lowest BCUT2D eigenvalue weighted by atomic mass is 9.96. The van der Waals surface area contributed by atoms with Gasteiger partial charge in [0.1, 0.15) is 0 Å². The third-order valence-corrected chi connectivity index (χ3v) is 5.65. The van der Waals surface area contributed by atoms with E-state index in [0.29, 0.717) is 12.0 Å². The lowest BCUT2D eigenvalue weighted by Crippen LogP contribution is -2.46. The zero-order valence-corrected chi connectivity index (χ0v) is 15.8. The quantitative estimate of drug-likeness (QED) is 0.863. The number of hydrogen-bond donors (Lipinski definition) is 1. The van der Waals surface area contributed by atoms with Crippen LogP contribution < -0.4 is 5.32 Å². The summed E-state index contributed by atoms with van der Waals surface area (Å²) in [5.74, 6) is 0.882. The third-order valence-electron chi connectivity index (χ3n) is 5.65. The van der Waals surface area contributed by atoms with Crippen molar-refractivity contribution in [1.29, 1.82) is 0 Å². The maximum atomic E-state index is 11.8. The Morgan fingerprint density at radius 2 is 1.96 bits per heavy atom. The molecule has 1 aromatic carbocycles. The van der Waals surface area contributed by atoms with Gasteiger partial charge >= 0.3 is 0 Å². The highest BCUT2D eigenvalue weighted by atomic mass is 16.1. The van der Waals surface area contributed by atoms with Crippen molar-refractivity contribution < 1.29 is 4.79 Å². The van der Waals surface area contributed by atoms with Crippen LogP contribution in [0.4, 0.5) is 0 Å². The van der Waals surface area contributed by atoms with Crippen molar-refractivity contribution in [3.63, 3.8) is 0 Å². The van der Waals surface area contributed by atoms with Crippen molar-refractivity contribution in [3.8, 4) is 0 Å². The molecular formula is C21H33N3O. The molecule has 3 rings (SSSR count). The van der Waals surface area contributed by atoms with Gasteiger partial charge in [-0.15, -0.1) is 0 Å². The molecule has 2 aliphatic heterocycles. The second kappa shape index (κ2) is 8.81. The van der Waals surface area contributed by atoms with Gasteiger partial charge in [-0.1, -0.05) is 44.2 Å². The third kappa shape index (κ3) is 5.29. The average molecular weight is 344 g/mol. The highest BCUT2D eigenvalue weighted by Crippen LogP contribution is 2.24. The number of likely N-dealkylation sites (tertiary alicyclic amines) is 2. The number of carbonyl (C=O) groups is 1. The van der Waals surface area contributed by atoms with Gasteiger partial charge in [-0.2, -0.15) is 0 Å². The van der Waals surface area contributed by atoms with E-state index in [2.05, 4.69) is 45.4 Å². The Hall–Kier alpha value is -1.39. The lowest BCUT2D eigenvalue weighted by Gasteiger charge is -2.37. The van der Waals surface area contributed by atoms with Crippen molar-refractivity contribution in [2.24, 2.45) is 11.8 Å². The molecule has 1 amide bonds. The largest absolute Gasteiger partial charge is 0.356 e. The number of benzene rings is 1. The average Bonchev–Trinajstić information content (AvgIpc) is 3.09. The second-order valence-electron chi connectivity index (χ2n) is 8.07. The van der Waals surface area contributed by atoms with E-state index in [1.54, 1.807) is 0 Å². The maximum Gasteiger partial charge on any atom is 0.222 e. The van der Waals surface area contributed by atoms with Crippen LogP contribution in [0.3, 0.4) is 0 Å². The van der Waals surface area contributed by atoms with Gasteiger partial charge in [-0.3, -0.25) is 14.6 Å². The minimum absolute atomic E-state index is 0.0843. The van der Waals surface area contributed by atoms with Crippen LogP contribution in [0.5, 0.6) is 0 Å². The predicted molar refractivity (Wildman–Crippen MR) is 102 cm³/mol. The molecule has 2 aliphatic rings. The summed E-state index contributed by atoms with van der Waals surface area (Å²) in [5, 5.41) is 3.13. The molecule has 0 radical (unpaired) electrons. The standard InChI is InChI=1S/C21H33N3O/c1-17(2)21(25)22-13-19-9-6-11-24(15-19)20-10-12-23(16-20)14-18-7-4-3-5-8-18/h3-5,7-8,17,19-20H,6,9-16H2,1-2H3,(H,22,25)/t19-,20-/m1/s1. The van der Waals surface area contributed by atoms with Crippen LogP contribution in [0.25, 0.3) is 0 Å². The minimum Gasteiger partial charge on any atom is -0.356 e. The monoisotopic (exact) mass is 343 g/mol. The molecule has 0 aliphatic carbocycles. The fraction of sp³-hybridized carbons (Fsp3) is 0.667. The molecule has 1 aromatic rings. The van der Waals surface area contributed by atoms with Gasteiger partial charge in [0.05, 0.1) is 0 Å². The first-order valence-corrected chi connectivity index (χ1v) is 9.90. The molecule has 138 valence electrons. The highest BCUT2D eigenvalue weighted by molar-refractivity contribution is 5.77. The normalized spacial score (nSPS) is 25.4. The van der Waals surface area contributed by atoms with Crippen LogP contribution in [-0.2, 0) is 11.3 Å². The van der Waals surface area contributed by atoms with E-state index >= 15 is 0 Å². The fourth-order valence-corrected chi connectivity index (χ4v) is 4.14. The molecule has 0 bridgehead atoms. The van der Waals surface area contributed by atoms with Crippen molar-refractivity contribution in [3.05, 3.63) is 35.9 Å². The van der Waals surface area contributed by atoms with E-state index in [4.69, 9.17) is 0 Å². The number of hydrogen-bond acceptors (Lipinski definition) is 3. The van der Waals surface area contributed by atoms with Crippen LogP contribution in [0.2, 0.25) is 0 Å². The summed E-state index contributed by atoms with van der Waals surface area (Å²) < 4.78 is 0. The molecule has 2 fully saturated rings. The number of rotatable bonds is 6. The fourth-order valence-electron chi connectivity index (χ4n) is 4.14. The number of nitrogens with one attached hydrogen (secondary N) is 1. The summed E-state index contributed by atoms with van der Waals surface area (Å²) in [6.07, 6.45) is 3.78. The molecule has 2 heterocycles. The molecule has 0 aromatic heterocycles. The number of carbonyl (C=O) groups excluding carboxylic acids is 1. The molecule has 0 saturated carbocycles. The van der Waals surface area contributed by atoms with Crippen LogP contribution in [0.1, 0.15) is 38.7 Å². The number of piperidine rings is 1. The van der Waals surface area contributed by atoms with Gasteiger partial charge in [-0.25, -0.2) is 0 Å². The van der Waals surface area contributed by atoms with Gasteiger partial charge in [0.15, 0.2) is 0 Å². The van der Waals surface area contributed by atoms with Crippen molar-refractivity contribution in [2.45, 2.75) is 45.7 Å². The Morgan fingerprint density at radius 3 is 2.72 bits per heavy atom. The van der Waals surface area contributed by atoms with Crippen molar-refractivity contribution >= 4 is 5.91 Å². The summed E-state index contributed by atoms with van der Waals surface area (Å²) in [5.41, 5.74) is 1.41. The Kier molecular flexibility index (Phi) is 6.49. The topological polar surface area (TPSA) is 35.6 Å². The SMILES string of the molecule is CC(C)C(=O)NC[C@H]1CCCN([C@@H]2CCN(Cc3ccccc3)C2)C1. The van der Waals surface area contributed by atoms with Gasteiger partial charge < -0.3 is 5.32 Å². The molecule has 0 spiro atoms. The molecule has 0 unspecified atom stereocenters. The minimum atomic E-state index is 0.0843. The Balaban J connectivity index is 1.45. The molecule has 4 nitrogen and oxygen atoms in total. The predicted octanol–water partition coefficient (Wildman–Crippen LogP) is 2.75. The van der Waals surface area contributed by atoms with Gasteiger partial charge in [0, 0.05) is 44.7 Å². The van der Waals surface area contributed by atoms with Crippen LogP contribution in [0.15, 0.2) is 30.3 Å². The van der Waals surface area contributed by atoms with E-state index in [1.165, 1.54) is 44.5 Å².